The summed E-state index contributed by atoms with van der Waals surface area (Å²) in [6.45, 7) is 2.02. The zero-order valence-corrected chi connectivity index (χ0v) is 9.87. The van der Waals surface area contributed by atoms with Crippen LogP contribution in [0.25, 0.3) is 0 Å². The number of hydrogen-bond acceptors (Lipinski definition) is 5. The lowest BCUT2D eigenvalue weighted by Crippen LogP contribution is -2.54. The quantitative estimate of drug-likeness (QED) is 0.485. The van der Waals surface area contributed by atoms with Gasteiger partial charge < -0.3 is 19.9 Å². The third-order valence-electron chi connectivity index (χ3n) is 2.75. The summed E-state index contributed by atoms with van der Waals surface area (Å²) in [6, 6.07) is 0. The summed E-state index contributed by atoms with van der Waals surface area (Å²) in [5, 5.41) is 0. The number of carbonyl (C=O) groups is 1. The Morgan fingerprint density at radius 3 is 2.56 bits per heavy atom. The minimum absolute atomic E-state index is 0.283. The highest BCUT2D eigenvalue weighted by Crippen LogP contribution is 2.29. The standard InChI is InChI=1S/C11H21NO4/c1-14-6-3-7-15-8-9-16-10(13)11(12)4-2-5-11/h2-9,12H2,1H3. The lowest BCUT2D eigenvalue weighted by Gasteiger charge is -2.34. The molecule has 1 saturated carbocycles. The molecule has 0 aromatic heterocycles. The highest BCUT2D eigenvalue weighted by Gasteiger charge is 2.41. The lowest BCUT2D eigenvalue weighted by atomic mass is 9.78. The summed E-state index contributed by atoms with van der Waals surface area (Å²) in [5.41, 5.74) is 5.08. The van der Waals surface area contributed by atoms with Gasteiger partial charge in [0.25, 0.3) is 0 Å². The first-order chi connectivity index (χ1) is 7.69. The summed E-state index contributed by atoms with van der Waals surface area (Å²) >= 11 is 0. The van der Waals surface area contributed by atoms with Gasteiger partial charge in [-0.3, -0.25) is 4.79 Å². The van der Waals surface area contributed by atoms with Crippen LogP contribution in [0.4, 0.5) is 0 Å². The molecule has 0 aromatic carbocycles. The van der Waals surface area contributed by atoms with Crippen LogP contribution >= 0.6 is 0 Å². The molecule has 1 fully saturated rings. The van der Waals surface area contributed by atoms with Crippen LogP contribution in [-0.4, -0.2) is 45.0 Å². The number of methoxy groups -OCH3 is 1. The van der Waals surface area contributed by atoms with Crippen LogP contribution in [0.2, 0.25) is 0 Å². The van der Waals surface area contributed by atoms with Crippen molar-refractivity contribution in [1.82, 2.24) is 0 Å². The Labute approximate surface area is 96.2 Å². The fraction of sp³-hybridized carbons (Fsp3) is 0.909. The first-order valence-electron chi connectivity index (χ1n) is 5.72. The lowest BCUT2D eigenvalue weighted by molar-refractivity contribution is -0.155. The van der Waals surface area contributed by atoms with Gasteiger partial charge in [0.05, 0.1) is 6.61 Å². The monoisotopic (exact) mass is 231 g/mol. The molecule has 2 N–H and O–H groups in total. The second kappa shape index (κ2) is 6.83. The maximum Gasteiger partial charge on any atom is 0.326 e. The second-order valence-corrected chi connectivity index (χ2v) is 4.10. The van der Waals surface area contributed by atoms with Gasteiger partial charge in [-0.15, -0.1) is 0 Å². The predicted molar refractivity (Wildman–Crippen MR) is 59.0 cm³/mol. The zero-order valence-electron chi connectivity index (χ0n) is 9.87. The Hall–Kier alpha value is -0.650. The number of nitrogens with two attached hydrogens (primary N) is 1. The maximum atomic E-state index is 11.5. The molecule has 94 valence electrons. The van der Waals surface area contributed by atoms with Crippen LogP contribution < -0.4 is 5.73 Å². The van der Waals surface area contributed by atoms with Crippen molar-refractivity contribution in [2.24, 2.45) is 5.73 Å². The summed E-state index contributed by atoms with van der Waals surface area (Å²) in [7, 11) is 1.65. The number of carbonyl (C=O) groups excluding carboxylic acids is 1. The van der Waals surface area contributed by atoms with E-state index in [4.69, 9.17) is 19.9 Å². The fourth-order valence-corrected chi connectivity index (χ4v) is 1.51. The smallest absolute Gasteiger partial charge is 0.326 e. The molecule has 0 aliphatic heterocycles. The van der Waals surface area contributed by atoms with Crippen molar-refractivity contribution in [1.29, 1.82) is 0 Å². The minimum atomic E-state index is -0.712. The van der Waals surface area contributed by atoms with Gasteiger partial charge in [0, 0.05) is 20.3 Å². The molecule has 0 unspecified atom stereocenters. The Balaban J connectivity index is 1.93. The van der Waals surface area contributed by atoms with Gasteiger partial charge in [-0.25, -0.2) is 0 Å². The Kier molecular flexibility index (Phi) is 5.73. The number of hydrogen-bond donors (Lipinski definition) is 1. The minimum Gasteiger partial charge on any atom is -0.462 e. The number of ether oxygens (including phenoxy) is 3. The van der Waals surface area contributed by atoms with Gasteiger partial charge in [0.2, 0.25) is 0 Å². The van der Waals surface area contributed by atoms with Crippen molar-refractivity contribution >= 4 is 5.97 Å². The largest absolute Gasteiger partial charge is 0.462 e. The van der Waals surface area contributed by atoms with Crippen molar-refractivity contribution in [3.05, 3.63) is 0 Å². The molecule has 5 heteroatoms. The SMILES string of the molecule is COCCCOCCOC(=O)C1(N)CCC1. The predicted octanol–water partition coefficient (Wildman–Crippen LogP) is 0.464. The fourth-order valence-electron chi connectivity index (χ4n) is 1.51. The first kappa shape index (κ1) is 13.4. The van der Waals surface area contributed by atoms with Gasteiger partial charge in [-0.1, -0.05) is 0 Å². The molecule has 0 heterocycles. The summed E-state index contributed by atoms with van der Waals surface area (Å²) in [6.07, 6.45) is 3.34. The van der Waals surface area contributed by atoms with Crippen molar-refractivity contribution < 1.29 is 19.0 Å². The molecule has 0 atom stereocenters. The van der Waals surface area contributed by atoms with Crippen molar-refractivity contribution in [2.45, 2.75) is 31.2 Å². The van der Waals surface area contributed by atoms with Crippen LogP contribution in [0.1, 0.15) is 25.7 Å². The molecule has 0 bridgehead atoms. The highest BCUT2D eigenvalue weighted by molar-refractivity contribution is 5.81. The molecule has 0 aromatic rings. The average Bonchev–Trinajstić information content (AvgIpc) is 2.24. The van der Waals surface area contributed by atoms with Crippen LogP contribution in [0.15, 0.2) is 0 Å². The molecule has 1 rings (SSSR count). The Morgan fingerprint density at radius 1 is 1.25 bits per heavy atom. The van der Waals surface area contributed by atoms with Crippen molar-refractivity contribution in [2.75, 3.05) is 33.5 Å². The molecule has 0 radical (unpaired) electrons. The number of rotatable bonds is 8. The van der Waals surface area contributed by atoms with E-state index in [9.17, 15) is 4.79 Å². The summed E-state index contributed by atoms with van der Waals surface area (Å²) < 4.78 is 15.2. The Bertz CT molecular complexity index is 216. The van der Waals surface area contributed by atoms with Gasteiger partial charge >= 0.3 is 5.97 Å². The molecule has 5 nitrogen and oxygen atoms in total. The van der Waals surface area contributed by atoms with E-state index in [2.05, 4.69) is 0 Å². The van der Waals surface area contributed by atoms with E-state index in [-0.39, 0.29) is 12.6 Å². The van der Waals surface area contributed by atoms with E-state index in [1.165, 1.54) is 0 Å². The maximum absolute atomic E-state index is 11.5. The molecule has 0 spiro atoms. The van der Waals surface area contributed by atoms with Gasteiger partial charge in [0.15, 0.2) is 0 Å². The normalized spacial score (nSPS) is 17.9. The molecular formula is C11H21NO4. The van der Waals surface area contributed by atoms with E-state index >= 15 is 0 Å². The topological polar surface area (TPSA) is 70.8 Å². The molecule has 1 aliphatic carbocycles. The molecular weight excluding hydrogens is 210 g/mol. The third-order valence-corrected chi connectivity index (χ3v) is 2.75. The molecule has 1 aliphatic rings. The molecule has 0 amide bonds. The first-order valence-corrected chi connectivity index (χ1v) is 5.72. The molecule has 0 saturated heterocycles. The van der Waals surface area contributed by atoms with Crippen LogP contribution in [0.3, 0.4) is 0 Å². The van der Waals surface area contributed by atoms with E-state index in [1.807, 2.05) is 0 Å². The van der Waals surface area contributed by atoms with Crippen LogP contribution in [0, 0.1) is 0 Å². The van der Waals surface area contributed by atoms with E-state index in [0.717, 1.165) is 25.7 Å². The summed E-state index contributed by atoms with van der Waals surface area (Å²) in [4.78, 5) is 11.5. The van der Waals surface area contributed by atoms with Crippen LogP contribution in [0.5, 0.6) is 0 Å². The van der Waals surface area contributed by atoms with Crippen molar-refractivity contribution in [3.8, 4) is 0 Å². The highest BCUT2D eigenvalue weighted by atomic mass is 16.6. The second-order valence-electron chi connectivity index (χ2n) is 4.10. The van der Waals surface area contributed by atoms with Crippen molar-refractivity contribution in [3.63, 3.8) is 0 Å². The third kappa shape index (κ3) is 4.08. The van der Waals surface area contributed by atoms with E-state index in [0.29, 0.717) is 19.8 Å². The van der Waals surface area contributed by atoms with Gasteiger partial charge in [-0.2, -0.15) is 0 Å². The van der Waals surface area contributed by atoms with E-state index in [1.54, 1.807) is 7.11 Å². The van der Waals surface area contributed by atoms with Crippen LogP contribution in [-0.2, 0) is 19.0 Å². The zero-order chi connectivity index (χ0) is 11.9. The Morgan fingerprint density at radius 2 is 2.00 bits per heavy atom. The van der Waals surface area contributed by atoms with E-state index < -0.39 is 5.54 Å². The van der Waals surface area contributed by atoms with Gasteiger partial charge in [0.1, 0.15) is 12.1 Å². The average molecular weight is 231 g/mol. The van der Waals surface area contributed by atoms with Gasteiger partial charge in [-0.05, 0) is 25.7 Å². The molecule has 16 heavy (non-hydrogen) atoms. The number of esters is 1. The summed E-state index contributed by atoms with van der Waals surface area (Å²) in [5.74, 6) is -0.292.